The van der Waals surface area contributed by atoms with E-state index in [2.05, 4.69) is 10.3 Å². The van der Waals surface area contributed by atoms with Crippen LogP contribution in [0, 0.1) is 11.9 Å². The first-order valence-corrected chi connectivity index (χ1v) is 6.73. The van der Waals surface area contributed by atoms with E-state index in [1.54, 1.807) is 0 Å². The number of nitrogens with zero attached hydrogens (tertiary/aromatic N) is 1. The largest absolute Gasteiger partial charge is 0.481 e. The van der Waals surface area contributed by atoms with Crippen LogP contribution in [-0.4, -0.2) is 28.0 Å². The fraction of sp³-hybridized carbons (Fsp3) is 0.500. The number of carboxylic acid groups (broad SMARTS) is 1. The zero-order valence-corrected chi connectivity index (χ0v) is 11.0. The molecule has 0 bridgehead atoms. The minimum atomic E-state index is -0.891. The topological polar surface area (TPSA) is 79.3 Å². The van der Waals surface area contributed by atoms with Crippen molar-refractivity contribution in [3.05, 3.63) is 29.8 Å². The normalized spacial score (nSPS) is 22.9. The van der Waals surface area contributed by atoms with E-state index in [9.17, 15) is 19.1 Å². The molecule has 2 rings (SSSR count). The molecule has 5 nitrogen and oxygen atoms in total. The van der Waals surface area contributed by atoms with Gasteiger partial charge in [0.05, 0.1) is 5.92 Å². The van der Waals surface area contributed by atoms with Gasteiger partial charge in [-0.25, -0.2) is 4.98 Å². The predicted molar refractivity (Wildman–Crippen MR) is 69.7 cm³/mol. The van der Waals surface area contributed by atoms with Gasteiger partial charge in [-0.05, 0) is 18.9 Å². The maximum atomic E-state index is 13.0. The lowest BCUT2D eigenvalue weighted by atomic mass is 9.94. The second-order valence-corrected chi connectivity index (χ2v) is 5.03. The van der Waals surface area contributed by atoms with Crippen LogP contribution in [0.2, 0.25) is 0 Å². The molecular weight excluding hydrogens is 263 g/mol. The fourth-order valence-corrected chi connectivity index (χ4v) is 2.57. The Morgan fingerprint density at radius 2 is 2.05 bits per heavy atom. The number of rotatable bonds is 3. The number of aliphatic carboxylic acids is 1. The standard InChI is InChI=1S/C14H17FN2O3/c15-12-8-9(6-7-16-12)13(18)17-11-5-3-1-2-4-10(11)14(19)20/h6-8,10-11H,1-5H2,(H,17,18)(H,19,20). The SMILES string of the molecule is O=C(NC1CCCCCC1C(=O)O)c1ccnc(F)c1. The van der Waals surface area contributed by atoms with Crippen LogP contribution in [0.1, 0.15) is 42.5 Å². The summed E-state index contributed by atoms with van der Waals surface area (Å²) in [7, 11) is 0. The van der Waals surface area contributed by atoms with Gasteiger partial charge in [-0.3, -0.25) is 9.59 Å². The van der Waals surface area contributed by atoms with Gasteiger partial charge >= 0.3 is 5.97 Å². The van der Waals surface area contributed by atoms with E-state index in [0.717, 1.165) is 25.3 Å². The molecule has 108 valence electrons. The first-order chi connectivity index (χ1) is 9.58. The molecule has 1 aromatic heterocycles. The number of nitrogens with one attached hydrogen (secondary N) is 1. The van der Waals surface area contributed by atoms with E-state index < -0.39 is 29.8 Å². The van der Waals surface area contributed by atoms with Gasteiger partial charge in [0.25, 0.3) is 5.91 Å². The number of pyridine rings is 1. The number of carbonyl (C=O) groups is 2. The van der Waals surface area contributed by atoms with E-state index in [-0.39, 0.29) is 5.56 Å². The van der Waals surface area contributed by atoms with Crippen LogP contribution in [0.4, 0.5) is 4.39 Å². The van der Waals surface area contributed by atoms with Crippen molar-refractivity contribution in [1.82, 2.24) is 10.3 Å². The summed E-state index contributed by atoms with van der Waals surface area (Å²) in [6, 6.07) is 2.05. The molecule has 1 aliphatic carbocycles. The summed E-state index contributed by atoms with van der Waals surface area (Å²) in [5.74, 6) is -2.65. The van der Waals surface area contributed by atoms with E-state index in [4.69, 9.17) is 0 Å². The van der Waals surface area contributed by atoms with E-state index in [1.165, 1.54) is 12.3 Å². The van der Waals surface area contributed by atoms with Crippen LogP contribution >= 0.6 is 0 Å². The summed E-state index contributed by atoms with van der Waals surface area (Å²) >= 11 is 0. The Kier molecular flexibility index (Phi) is 4.65. The van der Waals surface area contributed by atoms with Gasteiger partial charge in [-0.1, -0.05) is 19.3 Å². The zero-order valence-electron chi connectivity index (χ0n) is 11.0. The lowest BCUT2D eigenvalue weighted by Gasteiger charge is -2.22. The van der Waals surface area contributed by atoms with E-state index in [1.807, 2.05) is 0 Å². The Morgan fingerprint density at radius 1 is 1.30 bits per heavy atom. The highest BCUT2D eigenvalue weighted by Crippen LogP contribution is 2.24. The third kappa shape index (κ3) is 3.53. The maximum Gasteiger partial charge on any atom is 0.308 e. The molecular formula is C14H17FN2O3. The van der Waals surface area contributed by atoms with Gasteiger partial charge in [-0.2, -0.15) is 4.39 Å². The van der Waals surface area contributed by atoms with Crippen molar-refractivity contribution in [3.63, 3.8) is 0 Å². The summed E-state index contributed by atoms with van der Waals surface area (Å²) in [5.41, 5.74) is 0.158. The summed E-state index contributed by atoms with van der Waals surface area (Å²) in [5, 5.41) is 12.0. The average molecular weight is 280 g/mol. The lowest BCUT2D eigenvalue weighted by Crippen LogP contribution is -2.42. The van der Waals surface area contributed by atoms with Crippen LogP contribution in [0.25, 0.3) is 0 Å². The van der Waals surface area contributed by atoms with Crippen LogP contribution in [0.5, 0.6) is 0 Å². The number of carboxylic acids is 1. The first-order valence-electron chi connectivity index (χ1n) is 6.73. The van der Waals surface area contributed by atoms with Crippen molar-refractivity contribution in [2.45, 2.75) is 38.1 Å². The summed E-state index contributed by atoms with van der Waals surface area (Å²) in [6.45, 7) is 0. The molecule has 2 atom stereocenters. The van der Waals surface area contributed by atoms with Crippen molar-refractivity contribution in [3.8, 4) is 0 Å². The van der Waals surface area contributed by atoms with Crippen LogP contribution < -0.4 is 5.32 Å². The van der Waals surface area contributed by atoms with Gasteiger partial charge < -0.3 is 10.4 Å². The maximum absolute atomic E-state index is 13.0. The number of hydrogen-bond donors (Lipinski definition) is 2. The third-order valence-electron chi connectivity index (χ3n) is 3.64. The smallest absolute Gasteiger partial charge is 0.308 e. The van der Waals surface area contributed by atoms with Crippen LogP contribution in [-0.2, 0) is 4.79 Å². The average Bonchev–Trinajstić information content (AvgIpc) is 2.64. The molecule has 0 radical (unpaired) electrons. The van der Waals surface area contributed by atoms with Gasteiger partial charge in [-0.15, -0.1) is 0 Å². The number of amides is 1. The molecule has 1 amide bonds. The number of halogens is 1. The second kappa shape index (κ2) is 6.45. The molecule has 2 N–H and O–H groups in total. The fourth-order valence-electron chi connectivity index (χ4n) is 2.57. The molecule has 20 heavy (non-hydrogen) atoms. The van der Waals surface area contributed by atoms with Crippen LogP contribution in [0.3, 0.4) is 0 Å². The third-order valence-corrected chi connectivity index (χ3v) is 3.64. The Hall–Kier alpha value is -1.98. The van der Waals surface area contributed by atoms with Crippen molar-refractivity contribution in [2.75, 3.05) is 0 Å². The molecule has 1 aromatic rings. The molecule has 0 aliphatic heterocycles. The summed E-state index contributed by atoms with van der Waals surface area (Å²) in [6.07, 6.45) is 5.12. The molecule has 0 spiro atoms. The van der Waals surface area contributed by atoms with Crippen molar-refractivity contribution in [1.29, 1.82) is 0 Å². The minimum absolute atomic E-state index is 0.158. The predicted octanol–water partition coefficient (Wildman–Crippen LogP) is 1.98. The number of aromatic nitrogens is 1. The highest BCUT2D eigenvalue weighted by molar-refractivity contribution is 5.94. The molecule has 0 aromatic carbocycles. The highest BCUT2D eigenvalue weighted by Gasteiger charge is 2.30. The van der Waals surface area contributed by atoms with Crippen molar-refractivity contribution in [2.24, 2.45) is 5.92 Å². The number of carbonyl (C=O) groups excluding carboxylic acids is 1. The molecule has 2 unspecified atom stereocenters. The molecule has 6 heteroatoms. The first kappa shape index (κ1) is 14.4. The van der Waals surface area contributed by atoms with Crippen LogP contribution in [0.15, 0.2) is 18.3 Å². The van der Waals surface area contributed by atoms with Crippen molar-refractivity contribution < 1.29 is 19.1 Å². The quantitative estimate of drug-likeness (QED) is 0.655. The summed E-state index contributed by atoms with van der Waals surface area (Å²) in [4.78, 5) is 26.7. The monoisotopic (exact) mass is 280 g/mol. The zero-order chi connectivity index (χ0) is 14.5. The molecule has 1 aliphatic rings. The molecule has 0 saturated heterocycles. The Bertz CT molecular complexity index is 507. The van der Waals surface area contributed by atoms with Gasteiger partial charge in [0.2, 0.25) is 5.95 Å². The molecule has 1 heterocycles. The number of hydrogen-bond acceptors (Lipinski definition) is 3. The van der Waals surface area contributed by atoms with Gasteiger partial charge in [0, 0.05) is 23.9 Å². The van der Waals surface area contributed by atoms with Crippen molar-refractivity contribution >= 4 is 11.9 Å². The molecule has 1 fully saturated rings. The van der Waals surface area contributed by atoms with Gasteiger partial charge in [0.15, 0.2) is 0 Å². The summed E-state index contributed by atoms with van der Waals surface area (Å²) < 4.78 is 13.0. The Morgan fingerprint density at radius 3 is 2.75 bits per heavy atom. The minimum Gasteiger partial charge on any atom is -0.481 e. The van der Waals surface area contributed by atoms with E-state index >= 15 is 0 Å². The Labute approximate surface area is 116 Å². The second-order valence-electron chi connectivity index (χ2n) is 5.03. The highest BCUT2D eigenvalue weighted by atomic mass is 19.1. The Balaban J connectivity index is 2.09. The molecule has 1 saturated carbocycles. The lowest BCUT2D eigenvalue weighted by molar-refractivity contribution is -0.142. The van der Waals surface area contributed by atoms with E-state index in [0.29, 0.717) is 12.8 Å². The van der Waals surface area contributed by atoms with Gasteiger partial charge in [0.1, 0.15) is 0 Å².